The van der Waals surface area contributed by atoms with Crippen molar-refractivity contribution in [2.24, 2.45) is 0 Å². The van der Waals surface area contributed by atoms with Crippen molar-refractivity contribution in [3.05, 3.63) is 27.8 Å². The zero-order chi connectivity index (χ0) is 19.6. The van der Waals surface area contributed by atoms with Crippen LogP contribution in [0.1, 0.15) is 18.4 Å². The summed E-state index contributed by atoms with van der Waals surface area (Å²) in [6.07, 6.45) is -0.966. The van der Waals surface area contributed by atoms with Crippen molar-refractivity contribution in [3.63, 3.8) is 0 Å². The van der Waals surface area contributed by atoms with Gasteiger partial charge in [0.05, 0.1) is 3.57 Å². The minimum Gasteiger partial charge on any atom is -0.405 e. The number of ether oxygens (including phenoxy) is 1. The highest BCUT2D eigenvalue weighted by atomic mass is 127. The highest BCUT2D eigenvalue weighted by Crippen LogP contribution is 2.36. The summed E-state index contributed by atoms with van der Waals surface area (Å²) in [5.74, 6) is -0.148. The van der Waals surface area contributed by atoms with Gasteiger partial charge in [-0.3, -0.25) is 4.90 Å². The van der Waals surface area contributed by atoms with E-state index in [9.17, 15) is 13.2 Å². The van der Waals surface area contributed by atoms with Crippen LogP contribution in [0.5, 0.6) is 5.75 Å². The molecule has 2 saturated heterocycles. The Morgan fingerprint density at radius 1 is 1.11 bits per heavy atom. The van der Waals surface area contributed by atoms with Gasteiger partial charge in [-0.25, -0.2) is 0 Å². The molecule has 0 bridgehead atoms. The van der Waals surface area contributed by atoms with E-state index in [-0.39, 0.29) is 5.75 Å². The van der Waals surface area contributed by atoms with Gasteiger partial charge in [0, 0.05) is 57.1 Å². The molecule has 2 aliphatic rings. The fourth-order valence-corrected chi connectivity index (χ4v) is 4.46. The van der Waals surface area contributed by atoms with Crippen LogP contribution in [0.15, 0.2) is 18.7 Å². The summed E-state index contributed by atoms with van der Waals surface area (Å²) in [7, 11) is 2.15. The van der Waals surface area contributed by atoms with Crippen molar-refractivity contribution in [1.29, 1.82) is 0 Å². The zero-order valence-corrected chi connectivity index (χ0v) is 17.6. The number of halogens is 4. The van der Waals surface area contributed by atoms with E-state index in [1.807, 2.05) is 22.6 Å². The summed E-state index contributed by atoms with van der Waals surface area (Å²) < 4.78 is 42.7. The molecule has 0 aliphatic carbocycles. The normalized spacial score (nSPS) is 20.7. The highest BCUT2D eigenvalue weighted by molar-refractivity contribution is 14.1. The second kappa shape index (κ2) is 8.57. The summed E-state index contributed by atoms with van der Waals surface area (Å²) in [5, 5.41) is 0. The quantitative estimate of drug-likeness (QED) is 0.587. The van der Waals surface area contributed by atoms with E-state index < -0.39 is 6.36 Å². The van der Waals surface area contributed by atoms with Gasteiger partial charge in [-0.15, -0.1) is 13.2 Å². The van der Waals surface area contributed by atoms with Crippen molar-refractivity contribution in [2.45, 2.75) is 25.2 Å². The second-order valence-electron chi connectivity index (χ2n) is 7.15. The van der Waals surface area contributed by atoms with E-state index in [0.717, 1.165) is 63.4 Å². The summed E-state index contributed by atoms with van der Waals surface area (Å²) in [6, 6.07) is 3.76. The number of rotatable bonds is 4. The number of alkyl halides is 3. The van der Waals surface area contributed by atoms with Crippen molar-refractivity contribution in [1.82, 2.24) is 9.80 Å². The molecule has 0 spiro atoms. The third-order valence-electron chi connectivity index (χ3n) is 5.39. The van der Waals surface area contributed by atoms with Gasteiger partial charge in [0.25, 0.3) is 0 Å². The molecule has 1 aromatic rings. The molecule has 0 amide bonds. The number of anilines is 1. The van der Waals surface area contributed by atoms with Crippen LogP contribution in [-0.4, -0.2) is 68.5 Å². The van der Waals surface area contributed by atoms with Gasteiger partial charge in [0.1, 0.15) is 5.75 Å². The number of nitrogens with zero attached hydrogens (tertiary/aromatic N) is 3. The first kappa shape index (κ1) is 20.7. The molecule has 150 valence electrons. The van der Waals surface area contributed by atoms with Crippen molar-refractivity contribution >= 4 is 34.4 Å². The molecular formula is C19H25F3IN3O. The van der Waals surface area contributed by atoms with Crippen molar-refractivity contribution in [2.75, 3.05) is 51.2 Å². The predicted molar refractivity (Wildman–Crippen MR) is 110 cm³/mol. The van der Waals surface area contributed by atoms with E-state index in [1.165, 1.54) is 6.07 Å². The Morgan fingerprint density at radius 2 is 1.74 bits per heavy atom. The van der Waals surface area contributed by atoms with E-state index >= 15 is 0 Å². The van der Waals surface area contributed by atoms with Gasteiger partial charge >= 0.3 is 6.36 Å². The third kappa shape index (κ3) is 5.29. The van der Waals surface area contributed by atoms with Gasteiger partial charge in [0.15, 0.2) is 0 Å². The molecule has 4 nitrogen and oxygen atoms in total. The zero-order valence-electron chi connectivity index (χ0n) is 15.4. The first-order chi connectivity index (χ1) is 12.8. The van der Waals surface area contributed by atoms with Gasteiger partial charge in [-0.2, -0.15) is 0 Å². The molecule has 2 fully saturated rings. The van der Waals surface area contributed by atoms with Crippen molar-refractivity contribution < 1.29 is 17.9 Å². The minimum absolute atomic E-state index is 0.148. The van der Waals surface area contributed by atoms with Gasteiger partial charge < -0.3 is 14.5 Å². The summed E-state index contributed by atoms with van der Waals surface area (Å²) in [4.78, 5) is 7.05. The highest BCUT2D eigenvalue weighted by Gasteiger charge is 2.33. The standard InChI is InChI=1S/C19H25F3IN3O/c1-3-14-12-16(23)18(27-19(20,21)22)13-17(14)26-6-4-15(5-7-26)25-10-8-24(2)9-11-25/h3,12-13,15H,1,4-11H2,2H3. The Morgan fingerprint density at radius 3 is 2.30 bits per heavy atom. The number of benzene rings is 1. The summed E-state index contributed by atoms with van der Waals surface area (Å²) in [5.41, 5.74) is 1.61. The minimum atomic E-state index is -4.69. The molecule has 2 heterocycles. The fourth-order valence-electron chi connectivity index (χ4n) is 3.86. The molecule has 2 aliphatic heterocycles. The van der Waals surface area contributed by atoms with Crippen LogP contribution < -0.4 is 9.64 Å². The predicted octanol–water partition coefficient (Wildman–Crippen LogP) is 4.05. The monoisotopic (exact) mass is 495 g/mol. The molecule has 3 rings (SSSR count). The van der Waals surface area contributed by atoms with Gasteiger partial charge in [0.2, 0.25) is 0 Å². The number of hydrogen-bond acceptors (Lipinski definition) is 4. The van der Waals surface area contributed by atoms with E-state index in [2.05, 4.69) is 33.1 Å². The van der Waals surface area contributed by atoms with E-state index in [4.69, 9.17) is 0 Å². The molecule has 0 aromatic heterocycles. The van der Waals surface area contributed by atoms with Gasteiger partial charge in [-0.05, 0) is 54.1 Å². The lowest BCUT2D eigenvalue weighted by molar-refractivity contribution is -0.274. The molecule has 0 unspecified atom stereocenters. The van der Waals surface area contributed by atoms with Gasteiger partial charge in [-0.1, -0.05) is 12.7 Å². The van der Waals surface area contributed by atoms with Crippen LogP contribution >= 0.6 is 22.6 Å². The van der Waals surface area contributed by atoms with Crippen LogP contribution in [0.25, 0.3) is 6.08 Å². The lowest BCUT2D eigenvalue weighted by Gasteiger charge is -2.43. The van der Waals surface area contributed by atoms with Crippen LogP contribution in [-0.2, 0) is 0 Å². The number of piperidine rings is 1. The maximum absolute atomic E-state index is 12.7. The smallest absolute Gasteiger partial charge is 0.405 e. The average molecular weight is 495 g/mol. The molecule has 27 heavy (non-hydrogen) atoms. The Balaban J connectivity index is 1.71. The molecular weight excluding hydrogens is 470 g/mol. The SMILES string of the molecule is C=Cc1cc(I)c(OC(F)(F)F)cc1N1CCC(N2CCN(C)CC2)CC1. The Kier molecular flexibility index (Phi) is 6.58. The second-order valence-corrected chi connectivity index (χ2v) is 8.31. The third-order valence-corrected chi connectivity index (χ3v) is 6.23. The van der Waals surface area contributed by atoms with E-state index in [0.29, 0.717) is 9.61 Å². The van der Waals surface area contributed by atoms with Crippen molar-refractivity contribution in [3.8, 4) is 5.75 Å². The Hall–Kier alpha value is -1.00. The van der Waals surface area contributed by atoms with Crippen LogP contribution in [0, 0.1) is 3.57 Å². The summed E-state index contributed by atoms with van der Waals surface area (Å²) in [6.45, 7) is 9.83. The van der Waals surface area contributed by atoms with E-state index in [1.54, 1.807) is 12.1 Å². The molecule has 0 N–H and O–H groups in total. The lowest BCUT2D eigenvalue weighted by atomic mass is 10.0. The number of likely N-dealkylation sites (N-methyl/N-ethyl adjacent to an activating group) is 1. The first-order valence-corrected chi connectivity index (χ1v) is 10.2. The number of hydrogen-bond donors (Lipinski definition) is 0. The average Bonchev–Trinajstić information content (AvgIpc) is 2.63. The topological polar surface area (TPSA) is 19.0 Å². The molecule has 0 atom stereocenters. The Labute approximate surface area is 172 Å². The largest absolute Gasteiger partial charge is 0.573 e. The maximum atomic E-state index is 12.7. The number of piperazine rings is 1. The maximum Gasteiger partial charge on any atom is 0.573 e. The van der Waals surface area contributed by atoms with Crippen LogP contribution in [0.2, 0.25) is 0 Å². The molecule has 8 heteroatoms. The molecule has 0 saturated carbocycles. The first-order valence-electron chi connectivity index (χ1n) is 9.16. The van der Waals surface area contributed by atoms with Crippen LogP contribution in [0.3, 0.4) is 0 Å². The Bertz CT molecular complexity index is 667. The molecule has 0 radical (unpaired) electrons. The summed E-state index contributed by atoms with van der Waals surface area (Å²) >= 11 is 1.87. The molecule has 1 aromatic carbocycles. The fraction of sp³-hybridized carbons (Fsp3) is 0.579. The lowest BCUT2D eigenvalue weighted by Crippen LogP contribution is -2.52. The van der Waals surface area contributed by atoms with Crippen LogP contribution in [0.4, 0.5) is 18.9 Å².